The number of hydrogen-bond acceptors (Lipinski definition) is 4. The topological polar surface area (TPSA) is 82.2 Å². The summed E-state index contributed by atoms with van der Waals surface area (Å²) < 4.78 is 0. The Labute approximate surface area is 172 Å². The highest BCUT2D eigenvalue weighted by Gasteiger charge is 2.20. The van der Waals surface area contributed by atoms with Crippen LogP contribution in [0.25, 0.3) is 17.1 Å². The zero-order valence-electron chi connectivity index (χ0n) is 13.9. The highest BCUT2D eigenvalue weighted by atomic mass is 35.5. The van der Waals surface area contributed by atoms with Crippen molar-refractivity contribution in [3.8, 4) is 0 Å². The van der Waals surface area contributed by atoms with Gasteiger partial charge in [-0.15, -0.1) is 24.8 Å². The van der Waals surface area contributed by atoms with Crippen molar-refractivity contribution in [2.75, 3.05) is 0 Å². The van der Waals surface area contributed by atoms with Crippen molar-refractivity contribution in [1.29, 1.82) is 0 Å². The van der Waals surface area contributed by atoms with Crippen LogP contribution in [-0.4, -0.2) is 21.8 Å². The number of nitrogens with one attached hydrogen (secondary N) is 3. The fourth-order valence-corrected chi connectivity index (χ4v) is 2.71. The van der Waals surface area contributed by atoms with Crippen molar-refractivity contribution in [1.82, 2.24) is 20.6 Å². The average Bonchev–Trinajstić information content (AvgIpc) is 3.19. The van der Waals surface area contributed by atoms with Gasteiger partial charge in [-0.2, -0.15) is 0 Å². The van der Waals surface area contributed by atoms with E-state index in [1.807, 2.05) is 42.6 Å². The van der Waals surface area contributed by atoms with E-state index in [0.29, 0.717) is 23.2 Å². The molecule has 0 radical (unpaired) electrons. The van der Waals surface area contributed by atoms with Crippen LogP contribution in [0.5, 0.6) is 0 Å². The summed E-state index contributed by atoms with van der Waals surface area (Å²) in [7, 11) is 0. The average molecular weight is 425 g/mol. The summed E-state index contributed by atoms with van der Waals surface area (Å²) in [6, 6.07) is 11.3. The van der Waals surface area contributed by atoms with E-state index in [1.54, 1.807) is 12.3 Å². The van der Waals surface area contributed by atoms with Crippen LogP contribution in [0.4, 0.5) is 0 Å². The number of aromatic amines is 1. The number of carbonyl (C=O) groups excluding carboxylic acids is 1. The van der Waals surface area contributed by atoms with Crippen LogP contribution in [-0.2, 0) is 11.3 Å². The van der Waals surface area contributed by atoms with Crippen LogP contribution >= 0.6 is 36.4 Å². The lowest BCUT2D eigenvalue weighted by atomic mass is 10.2. The number of rotatable bonds is 3. The van der Waals surface area contributed by atoms with Crippen LogP contribution < -0.4 is 10.6 Å². The molecule has 4 rings (SSSR count). The molecule has 6 nitrogen and oxygen atoms in total. The van der Waals surface area contributed by atoms with Gasteiger partial charge in [-0.05, 0) is 35.9 Å². The summed E-state index contributed by atoms with van der Waals surface area (Å²) in [6.45, 7) is 0.542. The summed E-state index contributed by atoms with van der Waals surface area (Å²) >= 11 is 5.87. The first kappa shape index (κ1) is 20.8. The predicted octanol–water partition coefficient (Wildman–Crippen LogP) is 3.68. The number of fused-ring (bicyclic) bond motifs is 1. The normalized spacial score (nSPS) is 14.3. The Bertz CT molecular complexity index is 1010. The number of nitrogens with zero attached hydrogens (tertiary/aromatic N) is 2. The Balaban J connectivity index is 0.00000131. The maximum absolute atomic E-state index is 12.1. The van der Waals surface area contributed by atoms with Gasteiger partial charge in [0.25, 0.3) is 5.91 Å². The Kier molecular flexibility index (Phi) is 6.85. The molecule has 0 unspecified atom stereocenters. The molecule has 3 aromatic rings. The largest absolute Gasteiger partial charge is 0.352 e. The number of benzene rings is 1. The summed E-state index contributed by atoms with van der Waals surface area (Å²) in [5, 5.41) is 7.47. The van der Waals surface area contributed by atoms with Crippen molar-refractivity contribution in [2.24, 2.45) is 4.99 Å². The number of hydrogen-bond donors (Lipinski definition) is 3. The lowest BCUT2D eigenvalue weighted by Crippen LogP contribution is -2.35. The molecule has 1 aromatic carbocycles. The van der Waals surface area contributed by atoms with Crippen LogP contribution in [0.3, 0.4) is 0 Å². The predicted molar refractivity (Wildman–Crippen MR) is 112 cm³/mol. The highest BCUT2D eigenvalue weighted by molar-refractivity contribution is 6.30. The van der Waals surface area contributed by atoms with E-state index in [2.05, 4.69) is 25.6 Å². The third-order valence-corrected chi connectivity index (χ3v) is 4.10. The van der Waals surface area contributed by atoms with Gasteiger partial charge < -0.3 is 10.3 Å². The summed E-state index contributed by atoms with van der Waals surface area (Å²) in [4.78, 5) is 23.8. The van der Waals surface area contributed by atoms with E-state index >= 15 is 0 Å². The number of amides is 1. The SMILES string of the molecule is Cl.Cl.O=C1NC(NCc2ccc(Cl)cc2)=NC1=Cc1c[nH]c2ncccc12. The molecule has 0 bridgehead atoms. The van der Waals surface area contributed by atoms with Gasteiger partial charge in [0.2, 0.25) is 5.96 Å². The third-order valence-electron chi connectivity index (χ3n) is 3.85. The first-order valence-corrected chi connectivity index (χ1v) is 8.09. The smallest absolute Gasteiger partial charge is 0.276 e. The first-order chi connectivity index (χ1) is 12.2. The molecule has 27 heavy (non-hydrogen) atoms. The van der Waals surface area contributed by atoms with Gasteiger partial charge in [0.1, 0.15) is 11.3 Å². The minimum Gasteiger partial charge on any atom is -0.352 e. The molecule has 140 valence electrons. The minimum absolute atomic E-state index is 0. The fraction of sp³-hybridized carbons (Fsp3) is 0.0556. The second-order valence-electron chi connectivity index (χ2n) is 5.57. The molecule has 0 fully saturated rings. The first-order valence-electron chi connectivity index (χ1n) is 7.71. The Morgan fingerprint density at radius 2 is 1.93 bits per heavy atom. The van der Waals surface area contributed by atoms with Gasteiger partial charge >= 0.3 is 0 Å². The van der Waals surface area contributed by atoms with E-state index in [1.165, 1.54) is 0 Å². The van der Waals surface area contributed by atoms with Gasteiger partial charge in [-0.1, -0.05) is 23.7 Å². The van der Waals surface area contributed by atoms with Crippen molar-refractivity contribution in [3.05, 3.63) is 70.6 Å². The van der Waals surface area contributed by atoms with E-state index in [-0.39, 0.29) is 30.7 Å². The molecule has 2 aromatic heterocycles. The standard InChI is InChI=1S/C18H14ClN5O.2ClH/c19-13-5-3-11(4-6-13)9-22-18-23-15(17(25)24-18)8-12-10-21-16-14(12)2-1-7-20-16;;/h1-8,10H,9H2,(H,20,21)(H2,22,23,24,25);2*1H. The molecule has 0 spiro atoms. The molecular weight excluding hydrogens is 409 g/mol. The molecule has 1 amide bonds. The van der Waals surface area contributed by atoms with E-state index in [9.17, 15) is 4.79 Å². The minimum atomic E-state index is -0.239. The van der Waals surface area contributed by atoms with Gasteiger partial charge in [-0.3, -0.25) is 10.1 Å². The van der Waals surface area contributed by atoms with Crippen LogP contribution in [0.1, 0.15) is 11.1 Å². The van der Waals surface area contributed by atoms with Gasteiger partial charge in [0.05, 0.1) is 0 Å². The molecule has 0 saturated carbocycles. The molecule has 0 saturated heterocycles. The maximum Gasteiger partial charge on any atom is 0.276 e. The van der Waals surface area contributed by atoms with Crippen molar-refractivity contribution >= 4 is 65.4 Å². The molecule has 0 atom stereocenters. The van der Waals surface area contributed by atoms with Crippen LogP contribution in [0.15, 0.2) is 59.5 Å². The number of H-pyrrole nitrogens is 1. The number of halogens is 3. The van der Waals surface area contributed by atoms with Gasteiger partial charge in [0, 0.05) is 34.9 Å². The summed E-state index contributed by atoms with van der Waals surface area (Å²) in [5.74, 6) is 0.195. The van der Waals surface area contributed by atoms with Gasteiger partial charge in [-0.25, -0.2) is 9.98 Å². The summed E-state index contributed by atoms with van der Waals surface area (Å²) in [5.41, 5.74) is 3.04. The molecule has 3 N–H and O–H groups in total. The molecule has 1 aliphatic heterocycles. The molecule has 3 heterocycles. The Morgan fingerprint density at radius 3 is 2.70 bits per heavy atom. The van der Waals surface area contributed by atoms with Crippen molar-refractivity contribution < 1.29 is 4.79 Å². The quantitative estimate of drug-likeness (QED) is 0.561. The maximum atomic E-state index is 12.1. The number of guanidine groups is 1. The molecular formula is C18H16Cl3N5O. The fourth-order valence-electron chi connectivity index (χ4n) is 2.58. The second kappa shape index (κ2) is 8.90. The second-order valence-corrected chi connectivity index (χ2v) is 6.00. The lowest BCUT2D eigenvalue weighted by molar-refractivity contribution is -0.115. The van der Waals surface area contributed by atoms with Gasteiger partial charge in [0.15, 0.2) is 0 Å². The van der Waals surface area contributed by atoms with Crippen LogP contribution in [0, 0.1) is 0 Å². The lowest BCUT2D eigenvalue weighted by Gasteiger charge is -2.05. The zero-order valence-corrected chi connectivity index (χ0v) is 16.3. The number of aliphatic imine (C=N–C) groups is 1. The van der Waals surface area contributed by atoms with E-state index < -0.39 is 0 Å². The molecule has 9 heteroatoms. The molecule has 1 aliphatic rings. The monoisotopic (exact) mass is 423 g/mol. The van der Waals surface area contributed by atoms with Crippen molar-refractivity contribution in [2.45, 2.75) is 6.54 Å². The van der Waals surface area contributed by atoms with E-state index in [4.69, 9.17) is 11.6 Å². The number of pyridine rings is 1. The summed E-state index contributed by atoms with van der Waals surface area (Å²) in [6.07, 6.45) is 5.27. The highest BCUT2D eigenvalue weighted by Crippen LogP contribution is 2.20. The third kappa shape index (κ3) is 4.60. The van der Waals surface area contributed by atoms with Crippen molar-refractivity contribution in [3.63, 3.8) is 0 Å². The number of carbonyl (C=O) groups is 1. The molecule has 0 aliphatic carbocycles. The zero-order chi connectivity index (χ0) is 17.2. The van der Waals surface area contributed by atoms with E-state index in [0.717, 1.165) is 22.2 Å². The number of aromatic nitrogens is 2. The Morgan fingerprint density at radius 1 is 1.15 bits per heavy atom. The Hall–Kier alpha value is -2.54. The van der Waals surface area contributed by atoms with Crippen LogP contribution in [0.2, 0.25) is 5.02 Å².